The van der Waals surface area contributed by atoms with Gasteiger partial charge in [0.25, 0.3) is 0 Å². The number of morpholine rings is 1. The number of hydrogen-bond donors (Lipinski definition) is 2. The molecule has 4 heteroatoms. The molecule has 4 nitrogen and oxygen atoms in total. The van der Waals surface area contributed by atoms with Crippen molar-refractivity contribution < 1.29 is 9.84 Å². The second-order valence-electron chi connectivity index (χ2n) is 7.69. The van der Waals surface area contributed by atoms with E-state index in [4.69, 9.17) is 4.74 Å². The van der Waals surface area contributed by atoms with E-state index in [0.29, 0.717) is 17.4 Å². The smallest absolute Gasteiger partial charge is 0.0594 e. The standard InChI is InChI=1S/C18H36N2O2/c1-16(2)17(6-11-21)19-14-18(7-4-3-5-8-18)15-20-9-12-22-13-10-20/h16-17,19,21H,3-15H2,1-2H3. The quantitative estimate of drug-likeness (QED) is 0.722. The fourth-order valence-corrected chi connectivity index (χ4v) is 4.08. The Morgan fingerprint density at radius 2 is 1.82 bits per heavy atom. The van der Waals surface area contributed by atoms with Gasteiger partial charge in [-0.05, 0) is 30.6 Å². The summed E-state index contributed by atoms with van der Waals surface area (Å²) in [5.41, 5.74) is 0.429. The highest BCUT2D eigenvalue weighted by Crippen LogP contribution is 2.37. The van der Waals surface area contributed by atoms with Gasteiger partial charge in [-0.3, -0.25) is 4.90 Å². The van der Waals surface area contributed by atoms with Crippen molar-refractivity contribution in [2.45, 2.75) is 58.4 Å². The monoisotopic (exact) mass is 312 g/mol. The van der Waals surface area contributed by atoms with Crippen LogP contribution in [-0.4, -0.2) is 62.0 Å². The van der Waals surface area contributed by atoms with Crippen LogP contribution in [0, 0.1) is 11.3 Å². The molecule has 1 saturated carbocycles. The van der Waals surface area contributed by atoms with Gasteiger partial charge in [0, 0.05) is 38.8 Å². The molecule has 1 aliphatic carbocycles. The highest BCUT2D eigenvalue weighted by atomic mass is 16.5. The molecule has 1 unspecified atom stereocenters. The minimum absolute atomic E-state index is 0.284. The van der Waals surface area contributed by atoms with Gasteiger partial charge in [-0.2, -0.15) is 0 Å². The van der Waals surface area contributed by atoms with Gasteiger partial charge in [-0.25, -0.2) is 0 Å². The lowest BCUT2D eigenvalue weighted by Gasteiger charge is -2.43. The van der Waals surface area contributed by atoms with E-state index in [1.165, 1.54) is 38.6 Å². The van der Waals surface area contributed by atoms with Crippen LogP contribution in [0.1, 0.15) is 52.4 Å². The van der Waals surface area contributed by atoms with Gasteiger partial charge in [-0.1, -0.05) is 33.1 Å². The molecule has 1 saturated heterocycles. The third kappa shape index (κ3) is 5.48. The summed E-state index contributed by atoms with van der Waals surface area (Å²) in [6, 6.07) is 0.438. The first-order chi connectivity index (χ1) is 10.7. The summed E-state index contributed by atoms with van der Waals surface area (Å²) >= 11 is 0. The van der Waals surface area contributed by atoms with Crippen LogP contribution >= 0.6 is 0 Å². The summed E-state index contributed by atoms with van der Waals surface area (Å²) in [6.07, 6.45) is 7.71. The molecule has 0 aromatic rings. The maximum Gasteiger partial charge on any atom is 0.0594 e. The summed E-state index contributed by atoms with van der Waals surface area (Å²) in [4.78, 5) is 2.60. The molecular formula is C18H36N2O2. The van der Waals surface area contributed by atoms with Gasteiger partial charge in [0.15, 0.2) is 0 Å². The van der Waals surface area contributed by atoms with Crippen molar-refractivity contribution in [3.63, 3.8) is 0 Å². The molecule has 0 radical (unpaired) electrons. The lowest BCUT2D eigenvalue weighted by Crippen LogP contribution is -2.50. The Kier molecular flexibility index (Phi) is 7.61. The average Bonchev–Trinajstić information content (AvgIpc) is 2.53. The first-order valence-electron chi connectivity index (χ1n) is 9.29. The van der Waals surface area contributed by atoms with Crippen molar-refractivity contribution in [3.05, 3.63) is 0 Å². The molecule has 0 bridgehead atoms. The fourth-order valence-electron chi connectivity index (χ4n) is 4.08. The molecule has 0 spiro atoms. The first kappa shape index (κ1) is 18.2. The van der Waals surface area contributed by atoms with Crippen molar-refractivity contribution in [1.29, 1.82) is 0 Å². The van der Waals surface area contributed by atoms with Gasteiger partial charge >= 0.3 is 0 Å². The van der Waals surface area contributed by atoms with Crippen LogP contribution in [0.25, 0.3) is 0 Å². The number of nitrogens with zero attached hydrogens (tertiary/aromatic N) is 1. The highest BCUT2D eigenvalue weighted by Gasteiger charge is 2.34. The van der Waals surface area contributed by atoms with E-state index in [1.54, 1.807) is 0 Å². The zero-order chi connectivity index (χ0) is 15.8. The molecule has 130 valence electrons. The van der Waals surface area contributed by atoms with Gasteiger partial charge < -0.3 is 15.2 Å². The zero-order valence-corrected chi connectivity index (χ0v) is 14.6. The molecule has 2 aliphatic rings. The van der Waals surface area contributed by atoms with Crippen molar-refractivity contribution in [2.24, 2.45) is 11.3 Å². The van der Waals surface area contributed by atoms with E-state index >= 15 is 0 Å². The van der Waals surface area contributed by atoms with E-state index < -0.39 is 0 Å². The third-order valence-electron chi connectivity index (χ3n) is 5.56. The van der Waals surface area contributed by atoms with Crippen LogP contribution in [-0.2, 0) is 4.74 Å². The van der Waals surface area contributed by atoms with Gasteiger partial charge in [0.1, 0.15) is 0 Å². The summed E-state index contributed by atoms with van der Waals surface area (Å²) in [5.74, 6) is 0.580. The van der Waals surface area contributed by atoms with E-state index in [1.807, 2.05) is 0 Å². The average molecular weight is 312 g/mol. The minimum atomic E-state index is 0.284. The van der Waals surface area contributed by atoms with Crippen LogP contribution in [0.15, 0.2) is 0 Å². The van der Waals surface area contributed by atoms with Crippen LogP contribution in [0.4, 0.5) is 0 Å². The maximum atomic E-state index is 9.29. The Balaban J connectivity index is 1.92. The summed E-state index contributed by atoms with van der Waals surface area (Å²) in [5, 5.41) is 13.1. The van der Waals surface area contributed by atoms with Crippen molar-refractivity contribution in [3.8, 4) is 0 Å². The Morgan fingerprint density at radius 3 is 2.41 bits per heavy atom. The van der Waals surface area contributed by atoms with Crippen LogP contribution in [0.3, 0.4) is 0 Å². The summed E-state index contributed by atoms with van der Waals surface area (Å²) < 4.78 is 5.50. The SMILES string of the molecule is CC(C)C(CCO)NCC1(CN2CCOCC2)CCCCC1. The molecule has 2 fully saturated rings. The second kappa shape index (κ2) is 9.21. The topological polar surface area (TPSA) is 44.7 Å². The Morgan fingerprint density at radius 1 is 1.14 bits per heavy atom. The fraction of sp³-hybridized carbons (Fsp3) is 1.00. The lowest BCUT2D eigenvalue weighted by molar-refractivity contribution is 0.00596. The van der Waals surface area contributed by atoms with E-state index in [2.05, 4.69) is 24.1 Å². The van der Waals surface area contributed by atoms with Crippen LogP contribution in [0.2, 0.25) is 0 Å². The predicted octanol–water partition coefficient (Wildman–Crippen LogP) is 2.27. The predicted molar refractivity (Wildman–Crippen MR) is 91.1 cm³/mol. The minimum Gasteiger partial charge on any atom is -0.396 e. The van der Waals surface area contributed by atoms with Crippen molar-refractivity contribution in [2.75, 3.05) is 46.0 Å². The van der Waals surface area contributed by atoms with E-state index in [0.717, 1.165) is 39.3 Å². The lowest BCUT2D eigenvalue weighted by atomic mass is 9.73. The largest absolute Gasteiger partial charge is 0.396 e. The van der Waals surface area contributed by atoms with Crippen LogP contribution < -0.4 is 5.32 Å². The van der Waals surface area contributed by atoms with Gasteiger partial charge in [0.2, 0.25) is 0 Å². The number of aliphatic hydroxyl groups excluding tert-OH is 1. The molecule has 1 heterocycles. The van der Waals surface area contributed by atoms with Gasteiger partial charge in [-0.15, -0.1) is 0 Å². The molecule has 0 amide bonds. The first-order valence-corrected chi connectivity index (χ1v) is 9.29. The van der Waals surface area contributed by atoms with E-state index in [-0.39, 0.29) is 6.61 Å². The third-order valence-corrected chi connectivity index (χ3v) is 5.56. The van der Waals surface area contributed by atoms with Crippen molar-refractivity contribution in [1.82, 2.24) is 10.2 Å². The Hall–Kier alpha value is -0.160. The maximum absolute atomic E-state index is 9.29. The van der Waals surface area contributed by atoms with E-state index in [9.17, 15) is 5.11 Å². The van der Waals surface area contributed by atoms with Crippen LogP contribution in [0.5, 0.6) is 0 Å². The molecule has 2 N–H and O–H groups in total. The molecular weight excluding hydrogens is 276 g/mol. The Bertz CT molecular complexity index is 297. The number of rotatable bonds is 8. The zero-order valence-electron chi connectivity index (χ0n) is 14.6. The molecule has 2 rings (SSSR count). The number of nitrogens with one attached hydrogen (secondary N) is 1. The van der Waals surface area contributed by atoms with Crippen molar-refractivity contribution >= 4 is 0 Å². The Labute approximate surface area is 136 Å². The molecule has 22 heavy (non-hydrogen) atoms. The highest BCUT2D eigenvalue weighted by molar-refractivity contribution is 4.89. The van der Waals surface area contributed by atoms with Gasteiger partial charge in [0.05, 0.1) is 13.2 Å². The molecule has 1 atom stereocenters. The molecule has 0 aromatic carbocycles. The molecule has 1 aliphatic heterocycles. The summed E-state index contributed by atoms with van der Waals surface area (Å²) in [7, 11) is 0. The molecule has 0 aromatic heterocycles. The normalized spacial score (nSPS) is 24.5. The summed E-state index contributed by atoms with van der Waals surface area (Å²) in [6.45, 7) is 11.1. The number of ether oxygens (including phenoxy) is 1. The number of aliphatic hydroxyl groups is 1. The second-order valence-corrected chi connectivity index (χ2v) is 7.69. The number of hydrogen-bond acceptors (Lipinski definition) is 4.